The van der Waals surface area contributed by atoms with Gasteiger partial charge in [0.2, 0.25) is 0 Å². The lowest BCUT2D eigenvalue weighted by Gasteiger charge is -2.12. The monoisotopic (exact) mass is 298 g/mol. The summed E-state index contributed by atoms with van der Waals surface area (Å²) in [7, 11) is 0. The molecule has 0 amide bonds. The highest BCUT2D eigenvalue weighted by molar-refractivity contribution is 7.10. The zero-order valence-electron chi connectivity index (χ0n) is 10.6. The van der Waals surface area contributed by atoms with Gasteiger partial charge in [0.25, 0.3) is 5.69 Å². The van der Waals surface area contributed by atoms with E-state index in [1.165, 1.54) is 25.3 Å². The zero-order chi connectivity index (χ0) is 15.0. The summed E-state index contributed by atoms with van der Waals surface area (Å²) in [6.07, 6.45) is -1.51. The Morgan fingerprint density at radius 2 is 2.05 bits per heavy atom. The molecule has 20 heavy (non-hydrogen) atoms. The maximum Gasteiger partial charge on any atom is 0.365 e. The van der Waals surface area contributed by atoms with Gasteiger partial charge in [0, 0.05) is 6.07 Å². The molecule has 106 valence electrons. The van der Waals surface area contributed by atoms with Crippen molar-refractivity contribution >= 4 is 22.8 Å². The molecule has 2 heterocycles. The topological polar surface area (TPSA) is 113 Å². The minimum Gasteiger partial charge on any atom is -0.434 e. The summed E-state index contributed by atoms with van der Waals surface area (Å²) in [5.41, 5.74) is -0.110. The Morgan fingerprint density at radius 3 is 2.55 bits per heavy atom. The summed E-state index contributed by atoms with van der Waals surface area (Å²) >= 11 is 1.01. The molecule has 9 heteroatoms. The van der Waals surface area contributed by atoms with Crippen molar-refractivity contribution in [3.63, 3.8) is 0 Å². The van der Waals surface area contributed by atoms with E-state index in [2.05, 4.69) is 0 Å². The quantitative estimate of drug-likeness (QED) is 0.622. The minimum absolute atomic E-state index is 0.122. The molecule has 1 aliphatic rings. The number of carbonyl (C=O) groups is 1. The number of nitro groups is 2. The van der Waals surface area contributed by atoms with E-state index in [0.29, 0.717) is 0 Å². The lowest BCUT2D eigenvalue weighted by atomic mass is 9.93. The Bertz CT molecular complexity index is 635. The number of thiophene rings is 1. The van der Waals surface area contributed by atoms with Crippen LogP contribution in [-0.4, -0.2) is 21.9 Å². The average molecular weight is 298 g/mol. The SMILES string of the molecule is CC(=O)C1=C(C)OC([N+](=O)[O-])C1c1sccc1[N+](=O)[O-]. The molecule has 1 aliphatic heterocycles. The number of allylic oxidation sites excluding steroid dienone is 1. The molecule has 0 bridgehead atoms. The van der Waals surface area contributed by atoms with Gasteiger partial charge in [0.1, 0.15) is 16.6 Å². The van der Waals surface area contributed by atoms with Crippen LogP contribution in [0.2, 0.25) is 0 Å². The molecule has 0 saturated heterocycles. The molecule has 2 unspecified atom stereocenters. The molecule has 8 nitrogen and oxygen atoms in total. The van der Waals surface area contributed by atoms with E-state index in [0.717, 1.165) is 11.3 Å². The fourth-order valence-electron chi connectivity index (χ4n) is 2.26. The summed E-state index contributed by atoms with van der Waals surface area (Å²) < 4.78 is 5.11. The number of carbonyl (C=O) groups excluding carboxylic acids is 1. The van der Waals surface area contributed by atoms with Crippen LogP contribution in [0.1, 0.15) is 24.6 Å². The van der Waals surface area contributed by atoms with Gasteiger partial charge in [-0.2, -0.15) is 0 Å². The summed E-state index contributed by atoms with van der Waals surface area (Å²) in [4.78, 5) is 32.6. The standard InChI is InChI=1S/C11H10N2O6S/c1-5(14)8-6(2)19-11(13(17)18)9(8)10-7(12(15)16)3-4-20-10/h3-4,9,11H,1-2H3. The second-order valence-corrected chi connectivity index (χ2v) is 5.17. The van der Waals surface area contributed by atoms with E-state index in [9.17, 15) is 25.0 Å². The van der Waals surface area contributed by atoms with Crippen LogP contribution in [0.3, 0.4) is 0 Å². The zero-order valence-corrected chi connectivity index (χ0v) is 11.4. The van der Waals surface area contributed by atoms with Crippen LogP contribution in [0.15, 0.2) is 22.8 Å². The fraction of sp³-hybridized carbons (Fsp3) is 0.364. The van der Waals surface area contributed by atoms with Gasteiger partial charge in [0.05, 0.1) is 15.4 Å². The second-order valence-electron chi connectivity index (χ2n) is 4.22. The summed E-state index contributed by atoms with van der Waals surface area (Å²) in [5.74, 6) is -1.28. The van der Waals surface area contributed by atoms with Crippen molar-refractivity contribution < 1.29 is 19.4 Å². The Morgan fingerprint density at radius 1 is 1.40 bits per heavy atom. The first-order valence-corrected chi connectivity index (χ1v) is 6.46. The number of nitrogens with zero attached hydrogens (tertiary/aromatic N) is 2. The molecule has 0 aliphatic carbocycles. The number of Topliss-reactive ketones (excluding diaryl/α,β-unsaturated/α-hetero) is 1. The second kappa shape index (κ2) is 5.00. The van der Waals surface area contributed by atoms with Crippen molar-refractivity contribution in [3.05, 3.63) is 47.9 Å². The normalized spacial score (nSPS) is 21.7. The molecule has 2 rings (SSSR count). The first-order chi connectivity index (χ1) is 9.34. The largest absolute Gasteiger partial charge is 0.434 e. The predicted molar refractivity (Wildman–Crippen MR) is 69.0 cm³/mol. The van der Waals surface area contributed by atoms with E-state index in [1.54, 1.807) is 0 Å². The van der Waals surface area contributed by atoms with Gasteiger partial charge < -0.3 is 4.74 Å². The van der Waals surface area contributed by atoms with E-state index >= 15 is 0 Å². The number of hydrogen-bond donors (Lipinski definition) is 0. The van der Waals surface area contributed by atoms with E-state index in [-0.39, 0.29) is 27.7 Å². The van der Waals surface area contributed by atoms with Crippen LogP contribution in [0, 0.1) is 20.2 Å². The third kappa shape index (κ3) is 2.16. The van der Waals surface area contributed by atoms with Crippen molar-refractivity contribution in [1.82, 2.24) is 0 Å². The van der Waals surface area contributed by atoms with Crippen LogP contribution in [0.25, 0.3) is 0 Å². The molecule has 1 aromatic rings. The third-order valence-corrected chi connectivity index (χ3v) is 4.00. The van der Waals surface area contributed by atoms with Gasteiger partial charge in [-0.15, -0.1) is 11.3 Å². The average Bonchev–Trinajstić information content (AvgIpc) is 2.91. The van der Waals surface area contributed by atoms with Crippen LogP contribution in [0.4, 0.5) is 5.69 Å². The highest BCUT2D eigenvalue weighted by Gasteiger charge is 2.49. The molecule has 0 spiro atoms. The fourth-order valence-corrected chi connectivity index (χ4v) is 3.25. The van der Waals surface area contributed by atoms with E-state index in [4.69, 9.17) is 4.74 Å². The molecule has 2 atom stereocenters. The summed E-state index contributed by atoms with van der Waals surface area (Å²) in [5, 5.41) is 23.5. The Hall–Kier alpha value is -2.29. The highest BCUT2D eigenvalue weighted by Crippen LogP contribution is 2.45. The van der Waals surface area contributed by atoms with Crippen LogP contribution in [-0.2, 0) is 9.53 Å². The Balaban J connectivity index is 2.59. The van der Waals surface area contributed by atoms with Crippen LogP contribution < -0.4 is 0 Å². The third-order valence-electron chi connectivity index (χ3n) is 3.01. The van der Waals surface area contributed by atoms with E-state index in [1.807, 2.05) is 0 Å². The number of hydrogen-bond acceptors (Lipinski definition) is 7. The predicted octanol–water partition coefficient (Wildman–Crippen LogP) is 2.24. The van der Waals surface area contributed by atoms with Gasteiger partial charge in [-0.05, 0) is 19.2 Å². The van der Waals surface area contributed by atoms with Crippen molar-refractivity contribution in [2.45, 2.75) is 26.0 Å². The molecular formula is C11H10N2O6S. The molecule has 0 N–H and O–H groups in total. The van der Waals surface area contributed by atoms with Crippen molar-refractivity contribution in [2.75, 3.05) is 0 Å². The number of ketones is 1. The molecule has 0 fully saturated rings. The molecule has 0 radical (unpaired) electrons. The lowest BCUT2D eigenvalue weighted by Crippen LogP contribution is -2.27. The summed E-state index contributed by atoms with van der Waals surface area (Å²) in [6, 6.07) is 1.27. The minimum atomic E-state index is -1.51. The van der Waals surface area contributed by atoms with Crippen LogP contribution >= 0.6 is 11.3 Å². The highest BCUT2D eigenvalue weighted by atomic mass is 32.1. The molecular weight excluding hydrogens is 288 g/mol. The van der Waals surface area contributed by atoms with Crippen molar-refractivity contribution in [1.29, 1.82) is 0 Å². The lowest BCUT2D eigenvalue weighted by molar-refractivity contribution is -0.570. The number of rotatable bonds is 4. The molecule has 0 saturated carbocycles. The van der Waals surface area contributed by atoms with Crippen LogP contribution in [0.5, 0.6) is 0 Å². The smallest absolute Gasteiger partial charge is 0.365 e. The molecule has 0 aromatic carbocycles. The maximum atomic E-state index is 11.7. The van der Waals surface area contributed by atoms with Gasteiger partial charge in [-0.1, -0.05) is 0 Å². The Labute approximate surface area is 117 Å². The van der Waals surface area contributed by atoms with E-state index < -0.39 is 22.0 Å². The Kier molecular flexibility index (Phi) is 3.53. The molecule has 1 aromatic heterocycles. The van der Waals surface area contributed by atoms with Gasteiger partial charge in [0.15, 0.2) is 5.78 Å². The van der Waals surface area contributed by atoms with Gasteiger partial charge in [-0.3, -0.25) is 25.0 Å². The van der Waals surface area contributed by atoms with Gasteiger partial charge in [-0.25, -0.2) is 0 Å². The van der Waals surface area contributed by atoms with Crippen molar-refractivity contribution in [2.24, 2.45) is 0 Å². The van der Waals surface area contributed by atoms with Crippen molar-refractivity contribution in [3.8, 4) is 0 Å². The first-order valence-electron chi connectivity index (χ1n) is 5.58. The maximum absolute atomic E-state index is 11.7. The first kappa shape index (κ1) is 14.1. The number of ether oxygens (including phenoxy) is 1. The summed E-state index contributed by atoms with van der Waals surface area (Å²) in [6.45, 7) is 2.71. The van der Waals surface area contributed by atoms with Gasteiger partial charge >= 0.3 is 6.23 Å².